The fraction of sp³-hybridized carbons (Fsp3) is 0.843. The van der Waals surface area contributed by atoms with Gasteiger partial charge in [0.1, 0.15) is 33.2 Å². The molecule has 0 aromatic carbocycles. The number of nitrogens with zero attached hydrogens (tertiary/aromatic N) is 3. The average Bonchev–Trinajstić information content (AvgIpc) is 0.855. The van der Waals surface area contributed by atoms with E-state index in [4.69, 9.17) is 131 Å². The quantitative estimate of drug-likeness (QED) is 0.0116. The molecule has 45 N–H and O–H groups in total. The van der Waals surface area contributed by atoms with Gasteiger partial charge in [-0.3, -0.25) is 38.8 Å². The minimum absolute atomic E-state index is 0.0163. The zero-order valence-electron chi connectivity index (χ0n) is 64.1. The standard InChI is InChI=1S/C10H24BN3O6S.2C9H21BN4O4.2C8H20BN3O6S.C7H18BN3O6S/c1-14(2)21(19,20)13-8-6-10(12,9(15)16)5-3-4-7-11(17)18;1-13-8(11)14-6-9(12,7(15)16)4-2-3-5-10(17)18;1-13-9(7(15)16,6-14-8(11)12)4-2-3-5-10(17)18;1-11-8(7(13)14,6-12-19(10,17)18)4-2-3-5-9(15)16;10-8(7(13)14,3-1-2-5-9(15)16)4-6-12-19(11,17)18;9-7(6(12)13,5-11-18(10,16)17)3-1-2-4-8(14)15/h13,17-18H,3-8,12H2,1-2H3,(H,15,16);17-18H,2-6,12H2,1H3,(H,15,16)(H3,11,13,14);13,17-18H,2-6H2,1H3,(H,15,16)(H4,11,12,14);11-12,15-16H,2-6H2,1H3,(H,13,14)(H2,10,17,18);12,15-16H,1-6,10H2,(H,13,14)(H2,11,17,18);11,14-15H,1-5,9H2,(H,12,13)(H2,10,16,17). The van der Waals surface area contributed by atoms with Gasteiger partial charge in [-0.2, -0.15) is 38.0 Å². The van der Waals surface area contributed by atoms with Crippen LogP contribution in [0.3, 0.4) is 0 Å². The van der Waals surface area contributed by atoms with Crippen molar-refractivity contribution in [2.75, 3.05) is 74.5 Å². The average molecular weight is 1720 g/mol. The van der Waals surface area contributed by atoms with E-state index < -0.39 is 159 Å². The molecular formula is C51H124B6N20O32S4. The van der Waals surface area contributed by atoms with Gasteiger partial charge in [0, 0.05) is 53.9 Å². The van der Waals surface area contributed by atoms with E-state index in [1.807, 2.05) is 14.2 Å². The Labute approximate surface area is 660 Å². The summed E-state index contributed by atoms with van der Waals surface area (Å²) in [4.78, 5) is 74.3. The topological polar surface area (TPSA) is 975 Å². The van der Waals surface area contributed by atoms with Crippen molar-refractivity contribution in [1.29, 1.82) is 0 Å². The van der Waals surface area contributed by atoms with E-state index in [1.165, 1.54) is 35.2 Å². The first kappa shape index (κ1) is 118. The van der Waals surface area contributed by atoms with Crippen molar-refractivity contribution >= 4 is 131 Å². The summed E-state index contributed by atoms with van der Waals surface area (Å²) in [5.41, 5.74) is 29.5. The van der Waals surface area contributed by atoms with Gasteiger partial charge in [-0.25, -0.2) is 34.3 Å². The summed E-state index contributed by atoms with van der Waals surface area (Å²) in [5.74, 6) is -7.25. The fourth-order valence-electron chi connectivity index (χ4n) is 8.91. The van der Waals surface area contributed by atoms with Crippen LogP contribution in [0.4, 0.5) is 0 Å². The van der Waals surface area contributed by atoms with Crippen molar-refractivity contribution in [1.82, 2.24) is 39.1 Å². The van der Waals surface area contributed by atoms with Gasteiger partial charge in [-0.15, -0.1) is 0 Å². The van der Waals surface area contributed by atoms with Crippen molar-refractivity contribution in [2.24, 2.45) is 65.5 Å². The van der Waals surface area contributed by atoms with Crippen LogP contribution in [-0.4, -0.2) is 327 Å². The number of rotatable bonds is 57. The van der Waals surface area contributed by atoms with Crippen LogP contribution in [0.25, 0.3) is 0 Å². The third-order valence-electron chi connectivity index (χ3n) is 16.2. The summed E-state index contributed by atoms with van der Waals surface area (Å²) in [6.45, 7) is -1.28. The van der Waals surface area contributed by atoms with Gasteiger partial charge < -0.3 is 147 Å². The molecule has 0 saturated heterocycles. The predicted octanol–water partition coefficient (Wildman–Crippen LogP) is -13.6. The zero-order valence-corrected chi connectivity index (χ0v) is 67.4. The number of unbranched alkanes of at least 4 members (excludes halogenated alkanes) is 6. The predicted molar refractivity (Wildman–Crippen MR) is 420 cm³/mol. The molecule has 0 heterocycles. The molecule has 0 fully saturated rings. The van der Waals surface area contributed by atoms with Crippen LogP contribution in [-0.2, 0) is 69.6 Å². The molecule has 0 aliphatic rings. The first-order valence-corrected chi connectivity index (χ1v) is 40.6. The second-order valence-electron chi connectivity index (χ2n) is 26.0. The summed E-state index contributed by atoms with van der Waals surface area (Å²) in [6.07, 6.45) is 6.64. The van der Waals surface area contributed by atoms with E-state index in [0.29, 0.717) is 83.5 Å². The number of aliphatic imine (C=N–C) groups is 2. The highest BCUT2D eigenvalue weighted by Crippen LogP contribution is 2.22. The summed E-state index contributed by atoms with van der Waals surface area (Å²) in [7, 11) is -16.8. The first-order chi connectivity index (χ1) is 51.4. The second-order valence-corrected chi connectivity index (χ2v) is 32.1. The van der Waals surface area contributed by atoms with E-state index in [9.17, 15) is 72.7 Å². The molecule has 113 heavy (non-hydrogen) atoms. The number of nitrogens with two attached hydrogens (primary N) is 10. The molecule has 662 valence electrons. The fourth-order valence-corrected chi connectivity index (χ4v) is 10.8. The molecule has 0 aromatic rings. The lowest BCUT2D eigenvalue weighted by molar-refractivity contribution is -0.145. The van der Waals surface area contributed by atoms with Crippen LogP contribution in [0.5, 0.6) is 0 Å². The minimum Gasteiger partial charge on any atom is -0.480 e. The van der Waals surface area contributed by atoms with Crippen LogP contribution in [0, 0.1) is 0 Å². The van der Waals surface area contributed by atoms with Gasteiger partial charge in [0.05, 0.1) is 6.54 Å². The zero-order chi connectivity index (χ0) is 89.7. The molecule has 0 radical (unpaired) electrons. The first-order valence-electron chi connectivity index (χ1n) is 34.5. The third-order valence-corrected chi connectivity index (χ3v) is 19.4. The van der Waals surface area contributed by atoms with Crippen molar-refractivity contribution in [3.63, 3.8) is 0 Å². The van der Waals surface area contributed by atoms with Crippen LogP contribution in [0.1, 0.15) is 128 Å². The lowest BCUT2D eigenvalue weighted by Gasteiger charge is -2.28. The van der Waals surface area contributed by atoms with Crippen molar-refractivity contribution in [3.05, 3.63) is 0 Å². The Morgan fingerprint density at radius 2 is 0.637 bits per heavy atom. The smallest absolute Gasteiger partial charge is 0.451 e. The third kappa shape index (κ3) is 64.3. The summed E-state index contributed by atoms with van der Waals surface area (Å²) < 4.78 is 96.2. The van der Waals surface area contributed by atoms with Crippen LogP contribution in [0.15, 0.2) is 9.98 Å². The molecule has 0 aromatic heterocycles. The molecule has 52 nitrogen and oxygen atoms in total. The number of hydrogen-bond acceptors (Lipinski definition) is 34. The minimum atomic E-state index is -4.01. The molecule has 0 bridgehead atoms. The highest BCUT2D eigenvalue weighted by molar-refractivity contribution is 7.87. The largest absolute Gasteiger partial charge is 0.480 e. The second kappa shape index (κ2) is 60.1. The number of aliphatic carboxylic acids is 6. The molecule has 62 heteroatoms. The van der Waals surface area contributed by atoms with Gasteiger partial charge in [0.25, 0.3) is 40.8 Å². The Morgan fingerprint density at radius 3 is 0.885 bits per heavy atom. The SMILES string of the molecule is CN(C)S(=O)(=O)NCCC(N)(CCCCB(O)O)C(=O)O.CN=C(N)NCC(N)(CCCCB(O)O)C(=O)O.CNC(CCCCB(O)O)(CN=C(N)N)C(=O)O.CNC(CCCCB(O)O)(CNS(N)(=O)=O)C(=O)O.NC(CCCCB(O)O)(CCNS(N)(=O)=O)C(=O)O.NC(CCCCB(O)O)(CNS(N)(=O)=O)C(=O)O. The molecule has 6 atom stereocenters. The van der Waals surface area contributed by atoms with Gasteiger partial charge in [-0.05, 0) is 103 Å². The van der Waals surface area contributed by atoms with E-state index >= 15 is 0 Å². The monoisotopic (exact) mass is 1720 g/mol. The summed E-state index contributed by atoms with van der Waals surface area (Å²) in [6, 6.07) is 0. The number of carboxylic acid groups (broad SMARTS) is 6. The van der Waals surface area contributed by atoms with E-state index in [0.717, 1.165) is 4.31 Å². The maximum Gasteiger partial charge on any atom is 0.451 e. The Morgan fingerprint density at radius 1 is 0.372 bits per heavy atom. The summed E-state index contributed by atoms with van der Waals surface area (Å²) in [5, 5.41) is 181. The molecule has 0 saturated carbocycles. The Balaban J connectivity index is -0.000000304. The normalized spacial score (nSPS) is 14.8. The molecular weight excluding hydrogens is 1600 g/mol. The van der Waals surface area contributed by atoms with Gasteiger partial charge >= 0.3 is 78.5 Å². The van der Waals surface area contributed by atoms with E-state index in [-0.39, 0.29) is 128 Å². The van der Waals surface area contributed by atoms with Gasteiger partial charge in [-0.1, -0.05) is 77.0 Å². The highest BCUT2D eigenvalue weighted by atomic mass is 32.2. The Hall–Kier alpha value is -5.49. The molecule has 0 aliphatic heterocycles. The van der Waals surface area contributed by atoms with Crippen molar-refractivity contribution < 1.29 is 153 Å². The number of carboxylic acids is 6. The number of carbonyl (C=O) groups is 6. The van der Waals surface area contributed by atoms with Gasteiger partial charge in [0.15, 0.2) is 11.9 Å². The molecule has 0 amide bonds. The summed E-state index contributed by atoms with van der Waals surface area (Å²) >= 11 is 0. The van der Waals surface area contributed by atoms with Crippen LogP contribution < -0.4 is 90.4 Å². The van der Waals surface area contributed by atoms with E-state index in [2.05, 4.69) is 35.8 Å². The van der Waals surface area contributed by atoms with Crippen molar-refractivity contribution in [3.8, 4) is 0 Å². The maximum atomic E-state index is 11.5. The lowest BCUT2D eigenvalue weighted by Crippen LogP contribution is -2.58. The molecule has 0 spiro atoms. The number of hydrogen-bond donors (Lipinski definition) is 35. The molecule has 0 aliphatic carbocycles. The maximum absolute atomic E-state index is 11.5. The van der Waals surface area contributed by atoms with Gasteiger partial charge in [0.2, 0.25) is 0 Å². The van der Waals surface area contributed by atoms with Crippen LogP contribution in [0.2, 0.25) is 37.9 Å². The Bertz CT molecular complexity index is 3260. The number of likely N-dealkylation sites (N-methyl/N-ethyl adjacent to an activating group) is 2. The molecule has 0 rings (SSSR count). The van der Waals surface area contributed by atoms with E-state index in [1.54, 1.807) is 0 Å². The highest BCUT2D eigenvalue weighted by Gasteiger charge is 2.40. The van der Waals surface area contributed by atoms with Crippen molar-refractivity contribution in [2.45, 2.75) is 200 Å². The number of nitrogens with one attached hydrogen (secondary N) is 7. The Kier molecular flexibility index (Phi) is 62.9. The van der Waals surface area contributed by atoms with Crippen LogP contribution >= 0.6 is 0 Å². The number of guanidine groups is 2. The lowest BCUT2D eigenvalue weighted by atomic mass is 9.81. The molecule has 6 unspecified atom stereocenters.